The standard InChI is InChI=1S/C18H18FNO3/c1-12(15-5-3-4-6-16(15)19)17(21)20(2)11-13-7-9-14(10-8-13)18(22)23/h3-10,12H,11H2,1-2H3,(H,22,23). The second-order valence-electron chi connectivity index (χ2n) is 5.44. The van der Waals surface area contributed by atoms with Crippen LogP contribution in [0, 0.1) is 5.82 Å². The molecule has 0 aliphatic rings. The van der Waals surface area contributed by atoms with Gasteiger partial charge in [0.25, 0.3) is 0 Å². The minimum atomic E-state index is -0.992. The smallest absolute Gasteiger partial charge is 0.335 e. The first-order valence-electron chi connectivity index (χ1n) is 7.21. The molecular formula is C18H18FNO3. The van der Waals surface area contributed by atoms with Crippen LogP contribution in [-0.2, 0) is 11.3 Å². The van der Waals surface area contributed by atoms with Crippen LogP contribution in [0.4, 0.5) is 4.39 Å². The van der Waals surface area contributed by atoms with Gasteiger partial charge < -0.3 is 10.0 Å². The first-order valence-corrected chi connectivity index (χ1v) is 7.21. The molecule has 1 unspecified atom stereocenters. The summed E-state index contributed by atoms with van der Waals surface area (Å²) in [5, 5.41) is 8.87. The van der Waals surface area contributed by atoms with E-state index >= 15 is 0 Å². The van der Waals surface area contributed by atoms with Crippen LogP contribution in [0.5, 0.6) is 0 Å². The number of benzene rings is 2. The summed E-state index contributed by atoms with van der Waals surface area (Å²) < 4.78 is 13.8. The Morgan fingerprint density at radius 1 is 1.13 bits per heavy atom. The van der Waals surface area contributed by atoms with Crippen molar-refractivity contribution in [1.29, 1.82) is 0 Å². The number of carbonyl (C=O) groups is 2. The van der Waals surface area contributed by atoms with Crippen LogP contribution < -0.4 is 0 Å². The van der Waals surface area contributed by atoms with Crippen molar-refractivity contribution in [3.8, 4) is 0 Å². The highest BCUT2D eigenvalue weighted by atomic mass is 19.1. The first kappa shape index (κ1) is 16.7. The van der Waals surface area contributed by atoms with Crippen molar-refractivity contribution in [2.24, 2.45) is 0 Å². The van der Waals surface area contributed by atoms with Gasteiger partial charge in [0, 0.05) is 13.6 Å². The van der Waals surface area contributed by atoms with E-state index in [1.807, 2.05) is 0 Å². The third-order valence-electron chi connectivity index (χ3n) is 3.74. The summed E-state index contributed by atoms with van der Waals surface area (Å²) in [5.74, 6) is -2.17. The van der Waals surface area contributed by atoms with Crippen LogP contribution >= 0.6 is 0 Å². The van der Waals surface area contributed by atoms with Crippen LogP contribution in [-0.4, -0.2) is 28.9 Å². The number of carboxylic acids is 1. The fourth-order valence-electron chi connectivity index (χ4n) is 2.39. The molecule has 0 aliphatic heterocycles. The summed E-state index contributed by atoms with van der Waals surface area (Å²) in [5.41, 5.74) is 1.37. The highest BCUT2D eigenvalue weighted by Gasteiger charge is 2.21. The highest BCUT2D eigenvalue weighted by molar-refractivity contribution is 5.87. The molecule has 0 aliphatic carbocycles. The van der Waals surface area contributed by atoms with E-state index in [-0.39, 0.29) is 11.5 Å². The maximum absolute atomic E-state index is 13.8. The molecule has 2 aromatic carbocycles. The molecule has 0 spiro atoms. The summed E-state index contributed by atoms with van der Waals surface area (Å²) >= 11 is 0. The molecule has 1 amide bonds. The molecule has 23 heavy (non-hydrogen) atoms. The molecule has 2 rings (SSSR count). The Morgan fingerprint density at radius 2 is 1.74 bits per heavy atom. The van der Waals surface area contributed by atoms with Crippen LogP contribution in [0.1, 0.15) is 34.3 Å². The van der Waals surface area contributed by atoms with E-state index in [4.69, 9.17) is 5.11 Å². The van der Waals surface area contributed by atoms with Crippen molar-refractivity contribution in [2.45, 2.75) is 19.4 Å². The molecule has 0 saturated heterocycles. The highest BCUT2D eigenvalue weighted by Crippen LogP contribution is 2.21. The van der Waals surface area contributed by atoms with E-state index in [0.717, 1.165) is 5.56 Å². The Kier molecular flexibility index (Phi) is 5.11. The van der Waals surface area contributed by atoms with Crippen LogP contribution in [0.2, 0.25) is 0 Å². The molecule has 0 aromatic heterocycles. The lowest BCUT2D eigenvalue weighted by Crippen LogP contribution is -2.30. The number of hydrogen-bond acceptors (Lipinski definition) is 2. The lowest BCUT2D eigenvalue weighted by Gasteiger charge is -2.22. The minimum Gasteiger partial charge on any atom is -0.478 e. The van der Waals surface area contributed by atoms with Gasteiger partial charge in [0.2, 0.25) is 5.91 Å². The van der Waals surface area contributed by atoms with Gasteiger partial charge in [-0.2, -0.15) is 0 Å². The third-order valence-corrected chi connectivity index (χ3v) is 3.74. The van der Waals surface area contributed by atoms with Gasteiger partial charge in [-0.1, -0.05) is 30.3 Å². The fourth-order valence-corrected chi connectivity index (χ4v) is 2.39. The second-order valence-corrected chi connectivity index (χ2v) is 5.44. The molecule has 4 nitrogen and oxygen atoms in total. The van der Waals surface area contributed by atoms with E-state index in [2.05, 4.69) is 0 Å². The van der Waals surface area contributed by atoms with Gasteiger partial charge in [-0.3, -0.25) is 4.79 Å². The Hall–Kier alpha value is -2.69. The lowest BCUT2D eigenvalue weighted by molar-refractivity contribution is -0.131. The molecule has 2 aromatic rings. The van der Waals surface area contributed by atoms with Gasteiger partial charge in [-0.05, 0) is 36.2 Å². The van der Waals surface area contributed by atoms with Gasteiger partial charge >= 0.3 is 5.97 Å². The molecule has 5 heteroatoms. The maximum Gasteiger partial charge on any atom is 0.335 e. The number of halogens is 1. The number of carbonyl (C=O) groups excluding carboxylic acids is 1. The summed E-state index contributed by atoms with van der Waals surface area (Å²) in [4.78, 5) is 24.8. The molecule has 0 heterocycles. The Morgan fingerprint density at radius 3 is 2.30 bits per heavy atom. The minimum absolute atomic E-state index is 0.197. The predicted octanol–water partition coefficient (Wildman–Crippen LogP) is 3.29. The lowest BCUT2D eigenvalue weighted by atomic mass is 9.99. The molecule has 0 saturated carbocycles. The largest absolute Gasteiger partial charge is 0.478 e. The van der Waals surface area contributed by atoms with Gasteiger partial charge in [-0.25, -0.2) is 9.18 Å². The monoisotopic (exact) mass is 315 g/mol. The average molecular weight is 315 g/mol. The van der Waals surface area contributed by atoms with Gasteiger partial charge in [-0.15, -0.1) is 0 Å². The maximum atomic E-state index is 13.8. The topological polar surface area (TPSA) is 57.6 Å². The van der Waals surface area contributed by atoms with Gasteiger partial charge in [0.05, 0.1) is 11.5 Å². The van der Waals surface area contributed by atoms with Gasteiger partial charge in [0.15, 0.2) is 0 Å². The van der Waals surface area contributed by atoms with E-state index in [1.165, 1.54) is 23.1 Å². The SMILES string of the molecule is CC(C(=O)N(C)Cc1ccc(C(=O)O)cc1)c1ccccc1F. The Balaban J connectivity index is 2.07. The molecule has 1 atom stereocenters. The van der Waals surface area contributed by atoms with Crippen molar-refractivity contribution in [3.63, 3.8) is 0 Å². The van der Waals surface area contributed by atoms with Crippen molar-refractivity contribution in [3.05, 3.63) is 71.0 Å². The van der Waals surface area contributed by atoms with Crippen molar-refractivity contribution in [2.75, 3.05) is 7.05 Å². The zero-order chi connectivity index (χ0) is 17.0. The van der Waals surface area contributed by atoms with E-state index < -0.39 is 17.7 Å². The summed E-state index contributed by atoms with van der Waals surface area (Å²) in [7, 11) is 1.64. The number of aromatic carboxylic acids is 1. The summed E-state index contributed by atoms with van der Waals surface area (Å²) in [6.45, 7) is 2.00. The third kappa shape index (κ3) is 3.94. The zero-order valence-electron chi connectivity index (χ0n) is 13.0. The second kappa shape index (κ2) is 7.05. The molecule has 0 radical (unpaired) electrons. The summed E-state index contributed by atoms with van der Waals surface area (Å²) in [6, 6.07) is 12.6. The normalized spacial score (nSPS) is 11.8. The summed E-state index contributed by atoms with van der Waals surface area (Å²) in [6.07, 6.45) is 0. The zero-order valence-corrected chi connectivity index (χ0v) is 13.0. The van der Waals surface area contributed by atoms with Crippen molar-refractivity contribution in [1.82, 2.24) is 4.90 Å². The fraction of sp³-hybridized carbons (Fsp3) is 0.222. The number of rotatable bonds is 5. The Labute approximate surface area is 134 Å². The van der Waals surface area contributed by atoms with E-state index in [9.17, 15) is 14.0 Å². The number of carboxylic acid groups (broad SMARTS) is 1. The molecule has 1 N–H and O–H groups in total. The molecule has 0 bridgehead atoms. The van der Waals surface area contributed by atoms with Crippen molar-refractivity contribution >= 4 is 11.9 Å². The number of amides is 1. The van der Waals surface area contributed by atoms with Gasteiger partial charge in [0.1, 0.15) is 5.82 Å². The molecule has 0 fully saturated rings. The van der Waals surface area contributed by atoms with Crippen molar-refractivity contribution < 1.29 is 19.1 Å². The van der Waals surface area contributed by atoms with E-state index in [1.54, 1.807) is 44.3 Å². The average Bonchev–Trinajstić information content (AvgIpc) is 2.54. The molecule has 120 valence electrons. The number of nitrogens with zero attached hydrogens (tertiary/aromatic N) is 1. The van der Waals surface area contributed by atoms with Crippen LogP contribution in [0.25, 0.3) is 0 Å². The quantitative estimate of drug-likeness (QED) is 0.921. The number of likely N-dealkylation sites (N-methyl/N-ethyl adjacent to an activating group) is 1. The molecular weight excluding hydrogens is 297 g/mol. The van der Waals surface area contributed by atoms with Crippen LogP contribution in [0.3, 0.4) is 0 Å². The van der Waals surface area contributed by atoms with E-state index in [0.29, 0.717) is 12.1 Å². The van der Waals surface area contributed by atoms with Crippen LogP contribution in [0.15, 0.2) is 48.5 Å². The first-order chi connectivity index (χ1) is 10.9. The predicted molar refractivity (Wildman–Crippen MR) is 84.7 cm³/mol. The number of hydrogen-bond donors (Lipinski definition) is 1. The Bertz CT molecular complexity index is 712.